The highest BCUT2D eigenvalue weighted by Gasteiger charge is 2.29. The standard InChI is InChI=1S/C15H20N2O2/c1-5-15(2,3)13-12(14(16)19-17-13)10-8-6-7-9-11(10)18-4/h6-9H,5,16H2,1-4H3. The first kappa shape index (κ1) is 13.5. The molecule has 0 aliphatic carbocycles. The molecule has 0 saturated heterocycles. The van der Waals surface area contributed by atoms with Gasteiger partial charge in [0.15, 0.2) is 0 Å². The lowest BCUT2D eigenvalue weighted by Crippen LogP contribution is -2.17. The van der Waals surface area contributed by atoms with Crippen molar-refractivity contribution in [3.63, 3.8) is 0 Å². The van der Waals surface area contributed by atoms with E-state index in [-0.39, 0.29) is 5.41 Å². The highest BCUT2D eigenvalue weighted by Crippen LogP contribution is 2.41. The van der Waals surface area contributed by atoms with Crippen LogP contribution < -0.4 is 10.5 Å². The molecule has 4 nitrogen and oxygen atoms in total. The summed E-state index contributed by atoms with van der Waals surface area (Å²) in [7, 11) is 1.65. The summed E-state index contributed by atoms with van der Waals surface area (Å²) in [5, 5.41) is 4.15. The van der Waals surface area contributed by atoms with Gasteiger partial charge < -0.3 is 15.0 Å². The maximum atomic E-state index is 5.96. The van der Waals surface area contributed by atoms with E-state index >= 15 is 0 Å². The van der Waals surface area contributed by atoms with Crippen LogP contribution in [0.5, 0.6) is 5.75 Å². The number of nitrogens with two attached hydrogens (primary N) is 1. The fraction of sp³-hybridized carbons (Fsp3) is 0.400. The zero-order chi connectivity index (χ0) is 14.0. The lowest BCUT2D eigenvalue weighted by molar-refractivity contribution is 0.391. The molecule has 2 rings (SSSR count). The summed E-state index contributed by atoms with van der Waals surface area (Å²) in [6.45, 7) is 6.38. The minimum Gasteiger partial charge on any atom is -0.496 e. The summed E-state index contributed by atoms with van der Waals surface area (Å²) in [6, 6.07) is 7.76. The lowest BCUT2D eigenvalue weighted by atomic mass is 9.82. The van der Waals surface area contributed by atoms with Gasteiger partial charge in [0.2, 0.25) is 5.88 Å². The van der Waals surface area contributed by atoms with Crippen molar-refractivity contribution in [3.05, 3.63) is 30.0 Å². The smallest absolute Gasteiger partial charge is 0.230 e. The zero-order valence-electron chi connectivity index (χ0n) is 11.9. The van der Waals surface area contributed by atoms with Gasteiger partial charge in [-0.05, 0) is 12.5 Å². The van der Waals surface area contributed by atoms with E-state index in [0.717, 1.165) is 29.0 Å². The van der Waals surface area contributed by atoms with E-state index in [2.05, 4.69) is 25.9 Å². The molecular formula is C15H20N2O2. The molecule has 1 aromatic heterocycles. The first-order chi connectivity index (χ1) is 9.01. The van der Waals surface area contributed by atoms with Gasteiger partial charge in [-0.1, -0.05) is 44.1 Å². The molecule has 0 aliphatic heterocycles. The average Bonchev–Trinajstić information content (AvgIpc) is 2.81. The van der Waals surface area contributed by atoms with E-state index < -0.39 is 0 Å². The second-order valence-electron chi connectivity index (χ2n) is 5.21. The zero-order valence-corrected chi connectivity index (χ0v) is 11.9. The van der Waals surface area contributed by atoms with Crippen molar-refractivity contribution in [1.82, 2.24) is 5.16 Å². The van der Waals surface area contributed by atoms with Gasteiger partial charge in [-0.3, -0.25) is 0 Å². The normalized spacial score (nSPS) is 11.6. The first-order valence-electron chi connectivity index (χ1n) is 6.40. The summed E-state index contributed by atoms with van der Waals surface area (Å²) in [6.07, 6.45) is 0.946. The number of hydrogen-bond donors (Lipinski definition) is 1. The number of rotatable bonds is 4. The number of nitrogens with zero attached hydrogens (tertiary/aromatic N) is 1. The fourth-order valence-electron chi connectivity index (χ4n) is 2.04. The molecule has 19 heavy (non-hydrogen) atoms. The Morgan fingerprint density at radius 2 is 2.00 bits per heavy atom. The van der Waals surface area contributed by atoms with Gasteiger partial charge in [0.1, 0.15) is 5.75 Å². The van der Waals surface area contributed by atoms with Gasteiger partial charge in [0.25, 0.3) is 0 Å². The van der Waals surface area contributed by atoms with E-state index in [9.17, 15) is 0 Å². The second-order valence-corrected chi connectivity index (χ2v) is 5.21. The molecule has 102 valence electrons. The topological polar surface area (TPSA) is 61.3 Å². The molecule has 4 heteroatoms. The van der Waals surface area contributed by atoms with E-state index in [1.165, 1.54) is 0 Å². The molecule has 0 bridgehead atoms. The van der Waals surface area contributed by atoms with Crippen LogP contribution in [-0.2, 0) is 5.41 Å². The summed E-state index contributed by atoms with van der Waals surface area (Å²) in [4.78, 5) is 0. The third-order valence-electron chi connectivity index (χ3n) is 3.62. The van der Waals surface area contributed by atoms with Crippen LogP contribution in [0.15, 0.2) is 28.8 Å². The van der Waals surface area contributed by atoms with Gasteiger partial charge >= 0.3 is 0 Å². The van der Waals surface area contributed by atoms with Crippen molar-refractivity contribution in [3.8, 4) is 16.9 Å². The van der Waals surface area contributed by atoms with Gasteiger partial charge in [0, 0.05) is 11.0 Å². The van der Waals surface area contributed by atoms with Crippen LogP contribution in [0.1, 0.15) is 32.9 Å². The minimum absolute atomic E-state index is 0.0999. The SMILES string of the molecule is CCC(C)(C)c1noc(N)c1-c1ccccc1OC. The summed E-state index contributed by atoms with van der Waals surface area (Å²) >= 11 is 0. The van der Waals surface area contributed by atoms with Crippen LogP contribution in [0, 0.1) is 0 Å². The fourth-order valence-corrected chi connectivity index (χ4v) is 2.04. The molecule has 0 aliphatic rings. The largest absolute Gasteiger partial charge is 0.496 e. The summed E-state index contributed by atoms with van der Waals surface area (Å²) < 4.78 is 10.6. The van der Waals surface area contributed by atoms with Crippen LogP contribution in [-0.4, -0.2) is 12.3 Å². The quantitative estimate of drug-likeness (QED) is 0.912. The maximum Gasteiger partial charge on any atom is 0.230 e. The number of ether oxygens (including phenoxy) is 1. The molecule has 2 N–H and O–H groups in total. The number of para-hydroxylation sites is 1. The second kappa shape index (κ2) is 4.96. The minimum atomic E-state index is -0.0999. The number of nitrogen functional groups attached to an aromatic ring is 1. The van der Waals surface area contributed by atoms with Gasteiger partial charge in [-0.15, -0.1) is 0 Å². The Kier molecular flexibility index (Phi) is 3.51. The van der Waals surface area contributed by atoms with Crippen LogP contribution >= 0.6 is 0 Å². The summed E-state index contributed by atoms with van der Waals surface area (Å²) in [5.74, 6) is 1.10. The predicted molar refractivity (Wildman–Crippen MR) is 76.2 cm³/mol. The molecular weight excluding hydrogens is 240 g/mol. The highest BCUT2D eigenvalue weighted by molar-refractivity contribution is 5.80. The summed E-state index contributed by atoms with van der Waals surface area (Å²) in [5.41, 5.74) is 8.49. The van der Waals surface area contributed by atoms with Crippen LogP contribution in [0.4, 0.5) is 5.88 Å². The molecule has 0 amide bonds. The Labute approximate surface area is 113 Å². The van der Waals surface area contributed by atoms with Gasteiger partial charge in [0.05, 0.1) is 18.4 Å². The highest BCUT2D eigenvalue weighted by atomic mass is 16.5. The van der Waals surface area contributed by atoms with Crippen molar-refractivity contribution >= 4 is 5.88 Å². The van der Waals surface area contributed by atoms with Crippen molar-refractivity contribution < 1.29 is 9.26 Å². The Bertz CT molecular complexity index is 573. The lowest BCUT2D eigenvalue weighted by Gasteiger charge is -2.21. The maximum absolute atomic E-state index is 5.96. The van der Waals surface area contributed by atoms with Crippen LogP contribution in [0.3, 0.4) is 0 Å². The third-order valence-corrected chi connectivity index (χ3v) is 3.62. The van der Waals surface area contributed by atoms with Crippen LogP contribution in [0.2, 0.25) is 0 Å². The molecule has 0 atom stereocenters. The Morgan fingerprint density at radius 1 is 1.32 bits per heavy atom. The molecule has 1 heterocycles. The molecule has 0 unspecified atom stereocenters. The Morgan fingerprint density at radius 3 is 2.63 bits per heavy atom. The third kappa shape index (κ3) is 2.30. The van der Waals surface area contributed by atoms with E-state index in [1.54, 1.807) is 7.11 Å². The van der Waals surface area contributed by atoms with Gasteiger partial charge in [-0.25, -0.2) is 0 Å². The van der Waals surface area contributed by atoms with Crippen molar-refractivity contribution in [2.75, 3.05) is 12.8 Å². The number of hydrogen-bond acceptors (Lipinski definition) is 4. The van der Waals surface area contributed by atoms with Gasteiger partial charge in [-0.2, -0.15) is 0 Å². The van der Waals surface area contributed by atoms with Crippen molar-refractivity contribution in [1.29, 1.82) is 0 Å². The Hall–Kier alpha value is -1.97. The number of benzene rings is 1. The van der Waals surface area contributed by atoms with E-state index in [1.807, 2.05) is 24.3 Å². The first-order valence-corrected chi connectivity index (χ1v) is 6.40. The number of aromatic nitrogens is 1. The number of anilines is 1. The number of methoxy groups -OCH3 is 1. The van der Waals surface area contributed by atoms with Crippen LogP contribution in [0.25, 0.3) is 11.1 Å². The van der Waals surface area contributed by atoms with Crippen molar-refractivity contribution in [2.45, 2.75) is 32.6 Å². The Balaban J connectivity index is 2.66. The van der Waals surface area contributed by atoms with E-state index in [0.29, 0.717) is 5.88 Å². The molecule has 1 aromatic carbocycles. The predicted octanol–water partition coefficient (Wildman–Crippen LogP) is 3.62. The van der Waals surface area contributed by atoms with Crippen molar-refractivity contribution in [2.24, 2.45) is 0 Å². The monoisotopic (exact) mass is 260 g/mol. The molecule has 0 spiro atoms. The molecule has 0 radical (unpaired) electrons. The average molecular weight is 260 g/mol. The molecule has 0 fully saturated rings. The van der Waals surface area contributed by atoms with E-state index in [4.69, 9.17) is 15.0 Å². The molecule has 2 aromatic rings. The molecule has 0 saturated carbocycles.